The Labute approximate surface area is 124 Å². The average molecular weight is 290 g/mol. The summed E-state index contributed by atoms with van der Waals surface area (Å²) in [4.78, 5) is 12.4. The zero-order valence-corrected chi connectivity index (χ0v) is 12.5. The molecule has 0 radical (unpaired) electrons. The molecule has 2 aromatic rings. The molecule has 21 heavy (non-hydrogen) atoms. The molecule has 114 valence electrons. The number of rotatable bonds is 5. The first-order valence-corrected chi connectivity index (χ1v) is 7.72. The number of hydrogen-bond acceptors (Lipinski definition) is 3. The molecule has 1 unspecified atom stereocenters. The molecule has 1 aliphatic heterocycles. The van der Waals surface area contributed by atoms with E-state index in [9.17, 15) is 4.79 Å². The molecule has 1 saturated heterocycles. The quantitative estimate of drug-likeness (QED) is 0.849. The van der Waals surface area contributed by atoms with E-state index < -0.39 is 0 Å². The zero-order valence-electron chi connectivity index (χ0n) is 12.5. The number of fused-ring (bicyclic) bond motifs is 1. The van der Waals surface area contributed by atoms with Gasteiger partial charge in [0.15, 0.2) is 6.29 Å². The Morgan fingerprint density at radius 2 is 2.00 bits per heavy atom. The Morgan fingerprint density at radius 3 is 2.67 bits per heavy atom. The van der Waals surface area contributed by atoms with Gasteiger partial charge in [-0.1, -0.05) is 12.1 Å². The van der Waals surface area contributed by atoms with E-state index in [-0.39, 0.29) is 12.0 Å². The third-order valence-electron chi connectivity index (χ3n) is 4.00. The number of ether oxygens (including phenoxy) is 2. The van der Waals surface area contributed by atoms with Gasteiger partial charge in [-0.2, -0.15) is 0 Å². The van der Waals surface area contributed by atoms with E-state index in [1.54, 1.807) is 9.13 Å². The lowest BCUT2D eigenvalue weighted by Gasteiger charge is -2.22. The van der Waals surface area contributed by atoms with Crippen molar-refractivity contribution < 1.29 is 9.47 Å². The molecule has 1 aliphatic rings. The highest BCUT2D eigenvalue weighted by atomic mass is 16.7. The van der Waals surface area contributed by atoms with Crippen molar-refractivity contribution in [3.05, 3.63) is 34.7 Å². The van der Waals surface area contributed by atoms with Crippen LogP contribution in [0.3, 0.4) is 0 Å². The van der Waals surface area contributed by atoms with Gasteiger partial charge in [0.1, 0.15) is 0 Å². The van der Waals surface area contributed by atoms with Gasteiger partial charge < -0.3 is 9.47 Å². The highest BCUT2D eigenvalue weighted by Gasteiger charge is 2.15. The molecular weight excluding hydrogens is 268 g/mol. The van der Waals surface area contributed by atoms with Crippen LogP contribution in [0.25, 0.3) is 11.0 Å². The van der Waals surface area contributed by atoms with Crippen LogP contribution >= 0.6 is 0 Å². The van der Waals surface area contributed by atoms with E-state index in [1.807, 2.05) is 31.2 Å². The number of aryl methyl sites for hydroxylation is 1. The largest absolute Gasteiger partial charge is 0.353 e. The molecular formula is C16H22N2O3. The second kappa shape index (κ2) is 6.45. The van der Waals surface area contributed by atoms with Gasteiger partial charge in [0.25, 0.3) is 0 Å². The Bertz CT molecular complexity index is 653. The van der Waals surface area contributed by atoms with Crippen LogP contribution in [-0.2, 0) is 22.6 Å². The van der Waals surface area contributed by atoms with Crippen LogP contribution in [0.5, 0.6) is 0 Å². The lowest BCUT2D eigenvalue weighted by Crippen LogP contribution is -2.28. The summed E-state index contributed by atoms with van der Waals surface area (Å²) in [6, 6.07) is 7.90. The fraction of sp³-hybridized carbons (Fsp3) is 0.562. The fourth-order valence-corrected chi connectivity index (χ4v) is 2.91. The number of imidazole rings is 1. The van der Waals surface area contributed by atoms with Crippen molar-refractivity contribution in [3.63, 3.8) is 0 Å². The Hall–Kier alpha value is -1.59. The third kappa shape index (κ3) is 2.89. The summed E-state index contributed by atoms with van der Waals surface area (Å²) in [6.07, 6.45) is 3.11. The van der Waals surface area contributed by atoms with Crippen LogP contribution in [0.2, 0.25) is 0 Å². The molecule has 1 fully saturated rings. The summed E-state index contributed by atoms with van der Waals surface area (Å²) in [6.45, 7) is 4.51. The second-order valence-electron chi connectivity index (χ2n) is 5.33. The first-order chi connectivity index (χ1) is 10.3. The van der Waals surface area contributed by atoms with Crippen molar-refractivity contribution in [2.45, 2.75) is 45.6 Å². The highest BCUT2D eigenvalue weighted by Crippen LogP contribution is 2.15. The van der Waals surface area contributed by atoms with Crippen LogP contribution in [0.4, 0.5) is 0 Å². The average Bonchev–Trinajstić information content (AvgIpc) is 2.80. The molecule has 3 rings (SSSR count). The molecule has 2 heterocycles. The summed E-state index contributed by atoms with van der Waals surface area (Å²) in [7, 11) is 0. The predicted molar refractivity (Wildman–Crippen MR) is 81.4 cm³/mol. The maximum Gasteiger partial charge on any atom is 0.329 e. The Balaban J connectivity index is 1.74. The summed E-state index contributed by atoms with van der Waals surface area (Å²) >= 11 is 0. The summed E-state index contributed by atoms with van der Waals surface area (Å²) in [5.41, 5.74) is 1.99. The second-order valence-corrected chi connectivity index (χ2v) is 5.33. The Morgan fingerprint density at radius 1 is 1.24 bits per heavy atom. The van der Waals surface area contributed by atoms with Crippen LogP contribution in [0.15, 0.2) is 29.1 Å². The van der Waals surface area contributed by atoms with E-state index in [4.69, 9.17) is 9.47 Å². The molecule has 0 saturated carbocycles. The van der Waals surface area contributed by atoms with Crippen molar-refractivity contribution in [1.82, 2.24) is 9.13 Å². The topological polar surface area (TPSA) is 45.4 Å². The molecule has 1 aromatic heterocycles. The number of benzene rings is 1. The number of para-hydroxylation sites is 2. The van der Waals surface area contributed by atoms with Crippen molar-refractivity contribution in [2.75, 3.05) is 13.2 Å². The zero-order chi connectivity index (χ0) is 14.7. The lowest BCUT2D eigenvalue weighted by atomic mass is 10.2. The van der Waals surface area contributed by atoms with Gasteiger partial charge >= 0.3 is 5.69 Å². The number of hydrogen-bond donors (Lipinski definition) is 0. The van der Waals surface area contributed by atoms with Gasteiger partial charge in [-0.15, -0.1) is 0 Å². The van der Waals surface area contributed by atoms with Crippen LogP contribution in [0.1, 0.15) is 26.2 Å². The summed E-state index contributed by atoms with van der Waals surface area (Å²) in [5, 5.41) is 0. The molecule has 1 aromatic carbocycles. The summed E-state index contributed by atoms with van der Waals surface area (Å²) < 4.78 is 14.9. The lowest BCUT2D eigenvalue weighted by molar-refractivity contribution is -0.163. The van der Waals surface area contributed by atoms with Gasteiger partial charge in [-0.25, -0.2) is 4.79 Å². The van der Waals surface area contributed by atoms with Crippen LogP contribution in [0, 0.1) is 0 Å². The number of nitrogens with zero attached hydrogens (tertiary/aromatic N) is 2. The van der Waals surface area contributed by atoms with E-state index in [0.717, 1.165) is 36.9 Å². The molecule has 5 heteroatoms. The monoisotopic (exact) mass is 290 g/mol. The van der Waals surface area contributed by atoms with Crippen molar-refractivity contribution in [2.24, 2.45) is 0 Å². The fourth-order valence-electron chi connectivity index (χ4n) is 2.91. The normalized spacial score (nSPS) is 19.2. The van der Waals surface area contributed by atoms with Crippen LogP contribution in [-0.4, -0.2) is 28.6 Å². The summed E-state index contributed by atoms with van der Waals surface area (Å²) in [5.74, 6) is 0. The predicted octanol–water partition coefficient (Wildman–Crippen LogP) is 2.37. The van der Waals surface area contributed by atoms with Crippen molar-refractivity contribution in [1.29, 1.82) is 0 Å². The smallest absolute Gasteiger partial charge is 0.329 e. The van der Waals surface area contributed by atoms with Gasteiger partial charge in [0.2, 0.25) is 0 Å². The number of aromatic nitrogens is 2. The molecule has 0 N–H and O–H groups in total. The minimum Gasteiger partial charge on any atom is -0.353 e. The van der Waals surface area contributed by atoms with Gasteiger partial charge in [-0.3, -0.25) is 9.13 Å². The molecule has 1 atom stereocenters. The van der Waals surface area contributed by atoms with E-state index >= 15 is 0 Å². The molecule has 5 nitrogen and oxygen atoms in total. The highest BCUT2D eigenvalue weighted by molar-refractivity contribution is 5.75. The minimum atomic E-state index is -0.103. The molecule has 0 bridgehead atoms. The third-order valence-corrected chi connectivity index (χ3v) is 4.00. The SMILES string of the molecule is CCn1c(=O)n(CCOC2CCCCO2)c2ccccc21. The van der Waals surface area contributed by atoms with E-state index in [1.165, 1.54) is 0 Å². The van der Waals surface area contributed by atoms with Crippen molar-refractivity contribution in [3.8, 4) is 0 Å². The van der Waals surface area contributed by atoms with Crippen LogP contribution < -0.4 is 5.69 Å². The maximum absolute atomic E-state index is 12.4. The maximum atomic E-state index is 12.4. The van der Waals surface area contributed by atoms with E-state index in [2.05, 4.69) is 0 Å². The molecule has 0 spiro atoms. The van der Waals surface area contributed by atoms with E-state index in [0.29, 0.717) is 19.7 Å². The molecule has 0 amide bonds. The first kappa shape index (κ1) is 14.4. The Kier molecular flexibility index (Phi) is 4.41. The molecule has 0 aliphatic carbocycles. The van der Waals surface area contributed by atoms with Gasteiger partial charge in [0, 0.05) is 13.2 Å². The minimum absolute atomic E-state index is 0.0341. The van der Waals surface area contributed by atoms with Gasteiger partial charge in [-0.05, 0) is 38.3 Å². The standard InChI is InChI=1S/C16H22N2O3/c1-2-17-13-7-3-4-8-14(13)18(16(17)19)10-12-21-15-9-5-6-11-20-15/h3-4,7-8,15H,2,5-6,9-12H2,1H3. The van der Waals surface area contributed by atoms with Gasteiger partial charge in [0.05, 0.1) is 24.2 Å². The first-order valence-electron chi connectivity index (χ1n) is 7.72. The van der Waals surface area contributed by atoms with Crippen molar-refractivity contribution >= 4 is 11.0 Å².